The smallest absolute Gasteiger partial charge is 0.251 e. The summed E-state index contributed by atoms with van der Waals surface area (Å²) in [6.07, 6.45) is 1.43. The molecular formula is C16H17F2N3O2S. The van der Waals surface area contributed by atoms with Crippen LogP contribution >= 0.6 is 11.3 Å². The molecule has 1 aromatic heterocycles. The van der Waals surface area contributed by atoms with Crippen LogP contribution in [0.3, 0.4) is 0 Å². The van der Waals surface area contributed by atoms with Crippen LogP contribution in [0, 0.1) is 11.6 Å². The number of carbonyl (C=O) groups is 1. The van der Waals surface area contributed by atoms with Crippen LogP contribution in [0.5, 0.6) is 0 Å². The highest BCUT2D eigenvalue weighted by Gasteiger charge is 2.31. The van der Waals surface area contributed by atoms with Gasteiger partial charge < -0.3 is 14.5 Å². The Bertz CT molecular complexity index is 768. The third-order valence-corrected chi connectivity index (χ3v) is 5.53. The number of hydrogen-bond donors (Lipinski definition) is 0. The number of piperazine rings is 1. The second-order valence-electron chi connectivity index (χ2n) is 6.04. The number of halogens is 2. The standard InChI is InChI=1S/C16H17F2N3O2S/c17-10-8-11(18)14-13(9-10)24-16(19-14)21-5-3-20(4-6-21)15(22)12-2-1-7-23-12/h8-9,12H,1-7H2. The SMILES string of the molecule is O=C(C1CCCO1)N1CCN(c2nc3c(F)cc(F)cc3s2)CC1. The fraction of sp³-hybridized carbons (Fsp3) is 0.500. The molecule has 3 heterocycles. The third-order valence-electron chi connectivity index (χ3n) is 4.47. The van der Waals surface area contributed by atoms with Crippen LogP contribution in [0.4, 0.5) is 13.9 Å². The zero-order valence-corrected chi connectivity index (χ0v) is 13.8. The van der Waals surface area contributed by atoms with Crippen molar-refractivity contribution < 1.29 is 18.3 Å². The van der Waals surface area contributed by atoms with Gasteiger partial charge in [0.25, 0.3) is 5.91 Å². The molecule has 128 valence electrons. The summed E-state index contributed by atoms with van der Waals surface area (Å²) in [5.74, 6) is -1.17. The molecule has 0 bridgehead atoms. The molecule has 0 N–H and O–H groups in total. The molecule has 8 heteroatoms. The minimum atomic E-state index is -0.639. The summed E-state index contributed by atoms with van der Waals surface area (Å²) in [5.41, 5.74) is 0.203. The molecule has 2 fully saturated rings. The number of aromatic nitrogens is 1. The molecule has 1 atom stereocenters. The Hall–Kier alpha value is -1.80. The molecule has 2 aromatic rings. The van der Waals surface area contributed by atoms with E-state index in [1.807, 2.05) is 9.80 Å². The van der Waals surface area contributed by atoms with Crippen LogP contribution in [-0.2, 0) is 9.53 Å². The highest BCUT2D eigenvalue weighted by molar-refractivity contribution is 7.22. The second-order valence-corrected chi connectivity index (χ2v) is 7.05. The average Bonchev–Trinajstić information content (AvgIpc) is 3.24. The van der Waals surface area contributed by atoms with Gasteiger partial charge in [0.2, 0.25) is 0 Å². The second kappa shape index (κ2) is 6.25. The fourth-order valence-corrected chi connectivity index (χ4v) is 4.23. The molecule has 2 aliphatic rings. The average molecular weight is 353 g/mol. The number of benzene rings is 1. The van der Waals surface area contributed by atoms with E-state index in [2.05, 4.69) is 4.98 Å². The van der Waals surface area contributed by atoms with Crippen LogP contribution in [0.15, 0.2) is 12.1 Å². The van der Waals surface area contributed by atoms with E-state index in [0.29, 0.717) is 42.6 Å². The van der Waals surface area contributed by atoms with E-state index in [1.54, 1.807) is 0 Å². The summed E-state index contributed by atoms with van der Waals surface area (Å²) < 4.78 is 33.0. The highest BCUT2D eigenvalue weighted by Crippen LogP contribution is 2.31. The van der Waals surface area contributed by atoms with Crippen molar-refractivity contribution in [3.63, 3.8) is 0 Å². The highest BCUT2D eigenvalue weighted by atomic mass is 32.1. The number of carbonyl (C=O) groups excluding carboxylic acids is 1. The van der Waals surface area contributed by atoms with Gasteiger partial charge in [-0.3, -0.25) is 4.79 Å². The lowest BCUT2D eigenvalue weighted by atomic mass is 10.2. The predicted molar refractivity (Wildman–Crippen MR) is 87.3 cm³/mol. The van der Waals surface area contributed by atoms with Gasteiger partial charge in [-0.1, -0.05) is 11.3 Å². The zero-order chi connectivity index (χ0) is 16.7. The molecule has 24 heavy (non-hydrogen) atoms. The summed E-state index contributed by atoms with van der Waals surface area (Å²) in [6.45, 7) is 3.09. The maximum atomic E-state index is 13.8. The van der Waals surface area contributed by atoms with Crippen LogP contribution < -0.4 is 4.90 Å². The number of hydrogen-bond acceptors (Lipinski definition) is 5. The molecule has 0 saturated carbocycles. The summed E-state index contributed by atoms with van der Waals surface area (Å²) in [4.78, 5) is 20.5. The van der Waals surface area contributed by atoms with Crippen molar-refractivity contribution in [2.24, 2.45) is 0 Å². The first-order valence-electron chi connectivity index (χ1n) is 8.03. The van der Waals surface area contributed by atoms with Gasteiger partial charge in [0.15, 0.2) is 10.9 Å². The number of thiazole rings is 1. The number of anilines is 1. The van der Waals surface area contributed by atoms with E-state index >= 15 is 0 Å². The predicted octanol–water partition coefficient (Wildman–Crippen LogP) is 2.40. The van der Waals surface area contributed by atoms with E-state index in [1.165, 1.54) is 17.4 Å². The van der Waals surface area contributed by atoms with E-state index in [-0.39, 0.29) is 17.5 Å². The molecule has 1 unspecified atom stereocenters. The van der Waals surface area contributed by atoms with Crippen molar-refractivity contribution in [2.45, 2.75) is 18.9 Å². The number of nitrogens with zero attached hydrogens (tertiary/aromatic N) is 3. The molecule has 2 saturated heterocycles. The van der Waals surface area contributed by atoms with Gasteiger partial charge in [-0.25, -0.2) is 13.8 Å². The van der Waals surface area contributed by atoms with Crippen LogP contribution in [0.25, 0.3) is 10.2 Å². The monoisotopic (exact) mass is 353 g/mol. The maximum Gasteiger partial charge on any atom is 0.251 e. The summed E-state index contributed by atoms with van der Waals surface area (Å²) in [7, 11) is 0. The van der Waals surface area contributed by atoms with Crippen LogP contribution in [0.1, 0.15) is 12.8 Å². The molecular weight excluding hydrogens is 336 g/mol. The Morgan fingerprint density at radius 2 is 2.04 bits per heavy atom. The van der Waals surface area contributed by atoms with E-state index in [0.717, 1.165) is 18.9 Å². The molecule has 1 amide bonds. The minimum absolute atomic E-state index is 0.0598. The summed E-state index contributed by atoms with van der Waals surface area (Å²) >= 11 is 1.27. The fourth-order valence-electron chi connectivity index (χ4n) is 3.17. The first-order chi connectivity index (χ1) is 11.6. The summed E-state index contributed by atoms with van der Waals surface area (Å²) in [6, 6.07) is 2.15. The van der Waals surface area contributed by atoms with Gasteiger partial charge in [0, 0.05) is 38.9 Å². The van der Waals surface area contributed by atoms with Crippen molar-refractivity contribution in [1.29, 1.82) is 0 Å². The number of rotatable bonds is 2. The molecule has 0 radical (unpaired) electrons. The Morgan fingerprint density at radius 3 is 2.75 bits per heavy atom. The topological polar surface area (TPSA) is 45.7 Å². The lowest BCUT2D eigenvalue weighted by Crippen LogP contribution is -2.51. The molecule has 1 aromatic carbocycles. The van der Waals surface area contributed by atoms with E-state index in [9.17, 15) is 13.6 Å². The van der Waals surface area contributed by atoms with Crippen LogP contribution in [0.2, 0.25) is 0 Å². The third kappa shape index (κ3) is 2.84. The van der Waals surface area contributed by atoms with Gasteiger partial charge >= 0.3 is 0 Å². The van der Waals surface area contributed by atoms with E-state index < -0.39 is 11.6 Å². The van der Waals surface area contributed by atoms with Crippen molar-refractivity contribution in [3.05, 3.63) is 23.8 Å². The van der Waals surface area contributed by atoms with Gasteiger partial charge in [-0.15, -0.1) is 0 Å². The number of amides is 1. The molecule has 2 aliphatic heterocycles. The number of ether oxygens (including phenoxy) is 1. The first kappa shape index (κ1) is 15.7. The van der Waals surface area contributed by atoms with Gasteiger partial charge in [0.05, 0.1) is 4.70 Å². The Balaban J connectivity index is 1.46. The van der Waals surface area contributed by atoms with Crippen molar-refractivity contribution in [3.8, 4) is 0 Å². The largest absolute Gasteiger partial charge is 0.368 e. The van der Waals surface area contributed by atoms with Crippen molar-refractivity contribution in [1.82, 2.24) is 9.88 Å². The summed E-state index contributed by atoms with van der Waals surface area (Å²) in [5, 5.41) is 0.665. The van der Waals surface area contributed by atoms with Crippen molar-refractivity contribution in [2.75, 3.05) is 37.7 Å². The molecule has 4 rings (SSSR count). The minimum Gasteiger partial charge on any atom is -0.368 e. The zero-order valence-electron chi connectivity index (χ0n) is 13.0. The lowest BCUT2D eigenvalue weighted by molar-refractivity contribution is -0.141. The quantitative estimate of drug-likeness (QED) is 0.832. The van der Waals surface area contributed by atoms with Gasteiger partial charge in [-0.2, -0.15) is 0 Å². The van der Waals surface area contributed by atoms with Crippen molar-refractivity contribution >= 4 is 32.6 Å². The number of fused-ring (bicyclic) bond motifs is 1. The molecule has 0 spiro atoms. The Labute approximate surface area is 141 Å². The normalized spacial score (nSPS) is 21.7. The van der Waals surface area contributed by atoms with Gasteiger partial charge in [0.1, 0.15) is 17.4 Å². The lowest BCUT2D eigenvalue weighted by Gasteiger charge is -2.35. The van der Waals surface area contributed by atoms with Crippen LogP contribution in [-0.4, -0.2) is 54.7 Å². The van der Waals surface area contributed by atoms with E-state index in [4.69, 9.17) is 4.74 Å². The first-order valence-corrected chi connectivity index (χ1v) is 8.84. The maximum absolute atomic E-state index is 13.8. The molecule has 5 nitrogen and oxygen atoms in total. The molecule has 0 aliphatic carbocycles. The Morgan fingerprint density at radius 1 is 1.25 bits per heavy atom. The van der Waals surface area contributed by atoms with Gasteiger partial charge in [-0.05, 0) is 18.9 Å². The Kier molecular flexibility index (Phi) is 4.09.